The van der Waals surface area contributed by atoms with Crippen LogP contribution in [0.3, 0.4) is 0 Å². The van der Waals surface area contributed by atoms with Gasteiger partial charge in [-0.25, -0.2) is 8.78 Å². The number of anilines is 1. The molecular formula is C22H32F2N6. The fourth-order valence-electron chi connectivity index (χ4n) is 3.80. The van der Waals surface area contributed by atoms with E-state index < -0.39 is 11.6 Å². The van der Waals surface area contributed by atoms with Crippen molar-refractivity contribution in [3.63, 3.8) is 0 Å². The fourth-order valence-corrected chi connectivity index (χ4v) is 3.80. The van der Waals surface area contributed by atoms with Gasteiger partial charge in [-0.2, -0.15) is 5.10 Å². The highest BCUT2D eigenvalue weighted by Gasteiger charge is 2.23. The van der Waals surface area contributed by atoms with Crippen molar-refractivity contribution >= 4 is 11.6 Å². The molecule has 1 saturated heterocycles. The molecule has 1 aromatic heterocycles. The second-order valence-electron chi connectivity index (χ2n) is 7.85. The molecule has 2 heterocycles. The van der Waals surface area contributed by atoms with E-state index >= 15 is 0 Å². The highest BCUT2D eigenvalue weighted by molar-refractivity contribution is 5.79. The summed E-state index contributed by atoms with van der Waals surface area (Å²) in [5.74, 6) is -0.396. The van der Waals surface area contributed by atoms with Crippen molar-refractivity contribution in [3.05, 3.63) is 47.3 Å². The average Bonchev–Trinajstić information content (AvgIpc) is 3.31. The molecule has 2 N–H and O–H groups in total. The fraction of sp³-hybridized carbons (Fsp3) is 0.545. The molecule has 0 aliphatic carbocycles. The van der Waals surface area contributed by atoms with Crippen LogP contribution in [0.25, 0.3) is 0 Å². The molecule has 0 amide bonds. The third kappa shape index (κ3) is 5.93. The van der Waals surface area contributed by atoms with Gasteiger partial charge in [-0.1, -0.05) is 0 Å². The summed E-state index contributed by atoms with van der Waals surface area (Å²) in [6.45, 7) is 10.9. The number of hydrogen-bond donors (Lipinski definition) is 2. The quantitative estimate of drug-likeness (QED) is 0.393. The summed E-state index contributed by atoms with van der Waals surface area (Å²) in [6, 6.07) is 6.19. The van der Waals surface area contributed by atoms with E-state index in [4.69, 9.17) is 4.99 Å². The van der Waals surface area contributed by atoms with Crippen molar-refractivity contribution in [2.75, 3.05) is 37.6 Å². The van der Waals surface area contributed by atoms with Crippen LogP contribution in [0.4, 0.5) is 14.5 Å². The SMILES string of the molecule is CCNC(=NCC1CCN(c2ccc(F)c(F)c2)C1)NCCCn1nc(C)cc1C. The Bertz CT molecular complexity index is 863. The number of hydrogen-bond acceptors (Lipinski definition) is 3. The monoisotopic (exact) mass is 418 g/mol. The topological polar surface area (TPSA) is 57.5 Å². The summed E-state index contributed by atoms with van der Waals surface area (Å²) in [4.78, 5) is 6.83. The van der Waals surface area contributed by atoms with Crippen molar-refractivity contribution in [1.29, 1.82) is 0 Å². The number of guanidine groups is 1. The number of nitrogens with one attached hydrogen (secondary N) is 2. The van der Waals surface area contributed by atoms with Crippen molar-refractivity contribution in [2.45, 2.75) is 40.2 Å². The molecule has 1 aliphatic rings. The number of aryl methyl sites for hydroxylation is 3. The Labute approximate surface area is 177 Å². The predicted octanol–water partition coefficient (Wildman–Crippen LogP) is 3.25. The second kappa shape index (κ2) is 10.4. The normalized spacial score (nSPS) is 16.9. The van der Waals surface area contributed by atoms with Crippen LogP contribution in [0.5, 0.6) is 0 Å². The average molecular weight is 419 g/mol. The maximum Gasteiger partial charge on any atom is 0.191 e. The zero-order valence-corrected chi connectivity index (χ0v) is 18.1. The summed E-state index contributed by atoms with van der Waals surface area (Å²) in [5, 5.41) is 11.2. The minimum atomic E-state index is -0.807. The number of aliphatic imine (C=N–C) groups is 1. The molecule has 0 bridgehead atoms. The van der Waals surface area contributed by atoms with Crippen molar-refractivity contribution in [2.24, 2.45) is 10.9 Å². The molecule has 1 unspecified atom stereocenters. The van der Waals surface area contributed by atoms with E-state index in [0.29, 0.717) is 12.5 Å². The number of rotatable bonds is 8. The summed E-state index contributed by atoms with van der Waals surface area (Å²) in [5.41, 5.74) is 2.96. The molecule has 6 nitrogen and oxygen atoms in total. The molecule has 0 spiro atoms. The highest BCUT2D eigenvalue weighted by Crippen LogP contribution is 2.25. The van der Waals surface area contributed by atoms with E-state index in [1.807, 2.05) is 18.5 Å². The van der Waals surface area contributed by atoms with Crippen molar-refractivity contribution in [3.8, 4) is 0 Å². The van der Waals surface area contributed by atoms with Gasteiger partial charge in [0.25, 0.3) is 0 Å². The minimum absolute atomic E-state index is 0.392. The third-order valence-corrected chi connectivity index (χ3v) is 5.35. The Morgan fingerprint density at radius 2 is 2.03 bits per heavy atom. The van der Waals surface area contributed by atoms with Crippen LogP contribution in [0.1, 0.15) is 31.2 Å². The molecule has 1 aromatic carbocycles. The van der Waals surface area contributed by atoms with Gasteiger partial charge in [0, 0.05) is 56.7 Å². The van der Waals surface area contributed by atoms with E-state index in [0.717, 1.165) is 62.9 Å². The molecule has 164 valence electrons. The third-order valence-electron chi connectivity index (χ3n) is 5.35. The molecule has 8 heteroatoms. The van der Waals surface area contributed by atoms with Crippen LogP contribution >= 0.6 is 0 Å². The van der Waals surface area contributed by atoms with Gasteiger partial charge in [0.1, 0.15) is 0 Å². The first-order valence-electron chi connectivity index (χ1n) is 10.7. The summed E-state index contributed by atoms with van der Waals surface area (Å²) >= 11 is 0. The zero-order valence-electron chi connectivity index (χ0n) is 18.1. The first kappa shape index (κ1) is 22.1. The maximum atomic E-state index is 13.5. The van der Waals surface area contributed by atoms with Crippen molar-refractivity contribution in [1.82, 2.24) is 20.4 Å². The lowest BCUT2D eigenvalue weighted by molar-refractivity contribution is 0.508. The van der Waals surface area contributed by atoms with E-state index in [9.17, 15) is 8.78 Å². The number of nitrogens with zero attached hydrogens (tertiary/aromatic N) is 4. The van der Waals surface area contributed by atoms with Gasteiger partial charge in [0.2, 0.25) is 0 Å². The van der Waals surface area contributed by atoms with Crippen LogP contribution in [0.15, 0.2) is 29.3 Å². The Hall–Kier alpha value is -2.64. The smallest absolute Gasteiger partial charge is 0.191 e. The van der Waals surface area contributed by atoms with Gasteiger partial charge in [0.15, 0.2) is 17.6 Å². The minimum Gasteiger partial charge on any atom is -0.371 e. The lowest BCUT2D eigenvalue weighted by Crippen LogP contribution is -2.38. The molecular weight excluding hydrogens is 386 g/mol. The Kier molecular flexibility index (Phi) is 7.65. The van der Waals surface area contributed by atoms with Crippen LogP contribution in [-0.2, 0) is 6.54 Å². The summed E-state index contributed by atoms with van der Waals surface area (Å²) < 4.78 is 28.7. The van der Waals surface area contributed by atoms with E-state index in [-0.39, 0.29) is 0 Å². The Balaban J connectivity index is 1.46. The lowest BCUT2D eigenvalue weighted by Gasteiger charge is -2.18. The van der Waals surface area contributed by atoms with Gasteiger partial charge in [0.05, 0.1) is 5.69 Å². The van der Waals surface area contributed by atoms with Crippen LogP contribution in [0, 0.1) is 31.4 Å². The zero-order chi connectivity index (χ0) is 21.5. The van der Waals surface area contributed by atoms with Gasteiger partial charge in [-0.3, -0.25) is 9.67 Å². The standard InChI is InChI=1S/C22H32F2N6/c1-4-25-22(26-9-5-10-30-17(3)12-16(2)28-30)27-14-18-8-11-29(15-18)19-6-7-20(23)21(24)13-19/h6-7,12-13,18H,4-5,8-11,14-15H2,1-3H3,(H2,25,26,27). The highest BCUT2D eigenvalue weighted by atomic mass is 19.2. The summed E-state index contributed by atoms with van der Waals surface area (Å²) in [7, 11) is 0. The summed E-state index contributed by atoms with van der Waals surface area (Å²) in [6.07, 6.45) is 1.94. The molecule has 1 fully saturated rings. The van der Waals surface area contributed by atoms with Gasteiger partial charge in [-0.15, -0.1) is 0 Å². The number of aromatic nitrogens is 2. The van der Waals surface area contributed by atoms with Crippen LogP contribution in [0.2, 0.25) is 0 Å². The molecule has 30 heavy (non-hydrogen) atoms. The Morgan fingerprint density at radius 1 is 1.20 bits per heavy atom. The molecule has 0 radical (unpaired) electrons. The first-order valence-corrected chi connectivity index (χ1v) is 10.7. The van der Waals surface area contributed by atoms with Gasteiger partial charge in [-0.05, 0) is 57.7 Å². The van der Waals surface area contributed by atoms with E-state index in [2.05, 4.69) is 33.6 Å². The van der Waals surface area contributed by atoms with Crippen molar-refractivity contribution < 1.29 is 8.78 Å². The molecule has 3 rings (SSSR count). The van der Waals surface area contributed by atoms with E-state index in [1.54, 1.807) is 6.07 Å². The largest absolute Gasteiger partial charge is 0.371 e. The van der Waals surface area contributed by atoms with E-state index in [1.165, 1.54) is 17.8 Å². The number of halogens is 2. The number of benzene rings is 1. The first-order chi connectivity index (χ1) is 14.5. The Morgan fingerprint density at radius 3 is 2.73 bits per heavy atom. The van der Waals surface area contributed by atoms with Crippen LogP contribution < -0.4 is 15.5 Å². The molecule has 0 saturated carbocycles. The predicted molar refractivity (Wildman–Crippen MR) is 117 cm³/mol. The second-order valence-corrected chi connectivity index (χ2v) is 7.85. The molecule has 1 aliphatic heterocycles. The molecule has 2 aromatic rings. The van der Waals surface area contributed by atoms with Gasteiger partial charge < -0.3 is 15.5 Å². The van der Waals surface area contributed by atoms with Gasteiger partial charge >= 0.3 is 0 Å². The maximum absolute atomic E-state index is 13.5. The lowest BCUT2D eigenvalue weighted by atomic mass is 10.1. The van der Waals surface area contributed by atoms with Crippen LogP contribution in [-0.4, -0.2) is 48.5 Å². The molecule has 1 atom stereocenters.